The second-order valence-electron chi connectivity index (χ2n) is 10.7. The van der Waals surface area contributed by atoms with E-state index >= 15 is 0 Å². The Morgan fingerprint density at radius 2 is 1.90 bits per heavy atom. The monoisotopic (exact) mass is 527 g/mol. The Balaban J connectivity index is 1.60. The average Bonchev–Trinajstić information content (AvgIpc) is 3.62. The fourth-order valence-electron chi connectivity index (χ4n) is 4.13. The van der Waals surface area contributed by atoms with E-state index in [-0.39, 0.29) is 29.2 Å². The molecule has 1 aromatic carbocycles. The van der Waals surface area contributed by atoms with E-state index < -0.39 is 11.1 Å². The molecular weight excluding hydrogens is 499 g/mol. The molecule has 2 aromatic heterocycles. The van der Waals surface area contributed by atoms with E-state index in [1.165, 1.54) is 7.11 Å². The summed E-state index contributed by atoms with van der Waals surface area (Å²) in [7, 11) is 8.85. The molecule has 1 saturated carbocycles. The van der Waals surface area contributed by atoms with Crippen molar-refractivity contribution in [2.75, 3.05) is 29.2 Å². The van der Waals surface area contributed by atoms with Crippen LogP contribution in [0.4, 0.5) is 22.9 Å². The number of rotatable bonds is 9. The first kappa shape index (κ1) is 26.3. The number of methoxy groups -OCH3 is 1. The van der Waals surface area contributed by atoms with Gasteiger partial charge in [0.1, 0.15) is 29.9 Å². The van der Waals surface area contributed by atoms with Crippen molar-refractivity contribution in [3.8, 4) is 17.1 Å². The summed E-state index contributed by atoms with van der Waals surface area (Å²) in [5, 5.41) is 21.1. The van der Waals surface area contributed by atoms with Crippen LogP contribution in [0.2, 0.25) is 0 Å². The zero-order chi connectivity index (χ0) is 27.9. The number of hydrogen-bond acceptors (Lipinski definition) is 9. The molecule has 13 nitrogen and oxygen atoms in total. The zero-order valence-corrected chi connectivity index (χ0v) is 22.5. The number of aryl methyl sites for hydroxylation is 1. The first-order chi connectivity index (χ1) is 18.5. The molecule has 3 aromatic rings. The maximum Gasteiger partial charge on any atom is 0.272 e. The number of carbonyl (C=O) groups excluding carboxylic acids is 3. The van der Waals surface area contributed by atoms with Crippen molar-refractivity contribution in [1.29, 1.82) is 0 Å². The van der Waals surface area contributed by atoms with Crippen LogP contribution in [0.25, 0.3) is 11.4 Å². The summed E-state index contributed by atoms with van der Waals surface area (Å²) >= 11 is 0. The van der Waals surface area contributed by atoms with E-state index in [4.69, 9.17) is 4.74 Å². The summed E-state index contributed by atoms with van der Waals surface area (Å²) in [5.74, 6) is 0.391. The zero-order valence-electron chi connectivity index (χ0n) is 22.5. The molecular formula is C23H28B3N9O4. The van der Waals surface area contributed by atoms with Crippen molar-refractivity contribution in [1.82, 2.24) is 30.3 Å². The smallest absolute Gasteiger partial charge is 0.272 e. The summed E-state index contributed by atoms with van der Waals surface area (Å²) in [6, 6.07) is 5.12. The SMILES string of the molecule is BC(B)(B)NC(=O)c1nnc(NC(=O)C2CC2)cc1Nc1cc(N2CCC2=O)cc(-c2ncn(C)n2)c1OC. The number of β-lactam (4-membered cyclic amide) rings is 1. The maximum atomic E-state index is 13.2. The number of anilines is 4. The minimum atomic E-state index is -0.526. The average molecular weight is 527 g/mol. The van der Waals surface area contributed by atoms with Crippen molar-refractivity contribution in [2.45, 2.75) is 24.5 Å². The van der Waals surface area contributed by atoms with Crippen molar-refractivity contribution < 1.29 is 19.1 Å². The second-order valence-corrected chi connectivity index (χ2v) is 10.7. The van der Waals surface area contributed by atoms with Gasteiger partial charge < -0.3 is 25.6 Å². The number of hydrogen-bond donors (Lipinski definition) is 3. The van der Waals surface area contributed by atoms with Gasteiger partial charge in [-0.25, -0.2) is 4.98 Å². The van der Waals surface area contributed by atoms with E-state index in [1.807, 2.05) is 23.5 Å². The highest BCUT2D eigenvalue weighted by molar-refractivity contribution is 6.60. The largest absolute Gasteiger partial charge is 0.494 e. The fourth-order valence-corrected chi connectivity index (χ4v) is 4.13. The van der Waals surface area contributed by atoms with Gasteiger partial charge in [-0.2, -0.15) is 5.10 Å². The summed E-state index contributed by atoms with van der Waals surface area (Å²) in [6.07, 6.45) is 3.70. The molecule has 16 heteroatoms. The van der Waals surface area contributed by atoms with Gasteiger partial charge in [-0.15, -0.1) is 10.2 Å². The molecule has 0 bridgehead atoms. The quantitative estimate of drug-likeness (QED) is 0.219. The molecule has 1 aliphatic heterocycles. The number of aromatic nitrogens is 5. The van der Waals surface area contributed by atoms with Crippen LogP contribution >= 0.6 is 0 Å². The van der Waals surface area contributed by atoms with Crippen LogP contribution in [0.15, 0.2) is 24.5 Å². The molecule has 3 heterocycles. The Bertz CT molecular complexity index is 1470. The molecule has 0 radical (unpaired) electrons. The number of nitrogens with zero attached hydrogens (tertiary/aromatic N) is 6. The molecule has 1 saturated heterocycles. The number of amides is 3. The van der Waals surface area contributed by atoms with E-state index in [9.17, 15) is 14.4 Å². The summed E-state index contributed by atoms with van der Waals surface area (Å²) in [6.45, 7) is 0.576. The van der Waals surface area contributed by atoms with Gasteiger partial charge in [0, 0.05) is 37.7 Å². The first-order valence-electron chi connectivity index (χ1n) is 12.7. The Hall–Kier alpha value is -4.36. The molecule has 1 aliphatic carbocycles. The summed E-state index contributed by atoms with van der Waals surface area (Å²) < 4.78 is 7.35. The van der Waals surface area contributed by atoms with E-state index in [1.54, 1.807) is 41.2 Å². The van der Waals surface area contributed by atoms with Crippen molar-refractivity contribution in [3.05, 3.63) is 30.2 Å². The van der Waals surface area contributed by atoms with E-state index in [0.29, 0.717) is 47.2 Å². The Kier molecular flexibility index (Phi) is 6.79. The molecule has 0 atom stereocenters. The number of benzene rings is 1. The molecule has 39 heavy (non-hydrogen) atoms. The van der Waals surface area contributed by atoms with Crippen LogP contribution < -0.4 is 25.6 Å². The summed E-state index contributed by atoms with van der Waals surface area (Å²) in [5.41, 5.74) is 1.96. The van der Waals surface area contributed by atoms with Gasteiger partial charge in [-0.3, -0.25) is 19.1 Å². The third kappa shape index (κ3) is 5.74. The molecule has 3 N–H and O–H groups in total. The molecule has 3 amide bonds. The summed E-state index contributed by atoms with van der Waals surface area (Å²) in [4.78, 5) is 43.9. The number of carbonyl (C=O) groups is 3. The minimum absolute atomic E-state index is 0.00746. The third-order valence-corrected chi connectivity index (χ3v) is 6.25. The molecule has 0 unspecified atom stereocenters. The molecule has 0 spiro atoms. The lowest BCUT2D eigenvalue weighted by molar-refractivity contribution is -0.122. The highest BCUT2D eigenvalue weighted by Gasteiger charge is 2.31. The normalized spacial score (nSPS) is 14.9. The second kappa shape index (κ2) is 10.1. The maximum absolute atomic E-state index is 13.2. The Morgan fingerprint density at radius 1 is 1.13 bits per heavy atom. The van der Waals surface area contributed by atoms with Crippen LogP contribution in [-0.2, 0) is 16.6 Å². The van der Waals surface area contributed by atoms with Crippen molar-refractivity contribution >= 4 is 64.1 Å². The lowest BCUT2D eigenvalue weighted by atomic mass is 9.49. The van der Waals surface area contributed by atoms with Gasteiger partial charge in [0.15, 0.2) is 23.1 Å². The highest BCUT2D eigenvalue weighted by atomic mass is 16.5. The predicted octanol–water partition coefficient (Wildman–Crippen LogP) is -1.65. The van der Waals surface area contributed by atoms with Crippen molar-refractivity contribution in [2.24, 2.45) is 13.0 Å². The van der Waals surface area contributed by atoms with Gasteiger partial charge >= 0.3 is 0 Å². The van der Waals surface area contributed by atoms with Crippen LogP contribution in [-0.4, -0.2) is 85.1 Å². The topological polar surface area (TPSA) is 156 Å². The van der Waals surface area contributed by atoms with Crippen LogP contribution in [0, 0.1) is 5.92 Å². The Morgan fingerprint density at radius 3 is 2.46 bits per heavy atom. The number of ether oxygens (including phenoxy) is 1. The van der Waals surface area contributed by atoms with Crippen molar-refractivity contribution in [3.63, 3.8) is 0 Å². The Labute approximate surface area is 227 Å². The predicted molar refractivity (Wildman–Crippen MR) is 152 cm³/mol. The first-order valence-corrected chi connectivity index (χ1v) is 12.7. The number of nitrogens with one attached hydrogen (secondary N) is 3. The van der Waals surface area contributed by atoms with Gasteiger partial charge in [0.2, 0.25) is 11.8 Å². The fraction of sp³-hybridized carbons (Fsp3) is 0.348. The molecule has 2 fully saturated rings. The molecule has 5 rings (SSSR count). The molecule has 198 valence electrons. The van der Waals surface area contributed by atoms with E-state index in [0.717, 1.165) is 12.8 Å². The lowest BCUT2D eigenvalue weighted by Crippen LogP contribution is -2.50. The van der Waals surface area contributed by atoms with Gasteiger partial charge in [0.25, 0.3) is 5.91 Å². The van der Waals surface area contributed by atoms with Crippen LogP contribution in [0.5, 0.6) is 5.75 Å². The third-order valence-electron chi connectivity index (χ3n) is 6.25. The standard InChI is InChI=1S/C23H28B3N9O4/c1-34-10-27-20(33-34)13-7-12(35-6-5-17(35)36)8-15(19(13)39-2)28-14-9-16(29-21(37)11-3-4-11)31-32-18(14)22(38)30-23(24,25)26/h7-11H,3-6,24-26H2,1-2H3,(H,30,38)(H2,28,29,31,37). The van der Waals surface area contributed by atoms with Crippen LogP contribution in [0.1, 0.15) is 29.8 Å². The minimum Gasteiger partial charge on any atom is -0.494 e. The molecule has 2 aliphatic rings. The van der Waals surface area contributed by atoms with Gasteiger partial charge in [0.05, 0.1) is 24.0 Å². The highest BCUT2D eigenvalue weighted by Crippen LogP contribution is 2.42. The van der Waals surface area contributed by atoms with Gasteiger partial charge in [-0.1, -0.05) is 0 Å². The van der Waals surface area contributed by atoms with Gasteiger partial charge in [-0.05, 0) is 30.2 Å². The van der Waals surface area contributed by atoms with E-state index in [2.05, 4.69) is 36.2 Å². The van der Waals surface area contributed by atoms with Crippen LogP contribution in [0.3, 0.4) is 0 Å². The lowest BCUT2D eigenvalue weighted by Gasteiger charge is -2.32.